The van der Waals surface area contributed by atoms with Crippen LogP contribution in [-0.2, 0) is 4.79 Å². The maximum atomic E-state index is 12.9. The molecule has 8 heteroatoms. The lowest BCUT2D eigenvalue weighted by molar-refractivity contribution is -0.135. The molecule has 1 unspecified atom stereocenters. The molecule has 1 amide bonds. The second kappa shape index (κ2) is 7.99. The highest BCUT2D eigenvalue weighted by molar-refractivity contribution is 5.85. The van der Waals surface area contributed by atoms with Crippen LogP contribution in [0.25, 0.3) is 0 Å². The van der Waals surface area contributed by atoms with E-state index in [1.165, 1.54) is 6.07 Å². The molecule has 2 aromatic rings. The van der Waals surface area contributed by atoms with Crippen molar-refractivity contribution in [3.63, 3.8) is 0 Å². The molecule has 1 N–H and O–H groups in total. The minimum atomic E-state index is -1.04. The second-order valence-corrected chi connectivity index (χ2v) is 6.26. The van der Waals surface area contributed by atoms with Gasteiger partial charge in [0.2, 0.25) is 5.91 Å². The Kier molecular flexibility index (Phi) is 5.50. The number of carboxylic acids is 1. The van der Waals surface area contributed by atoms with Crippen LogP contribution in [0.15, 0.2) is 36.7 Å². The van der Waals surface area contributed by atoms with Gasteiger partial charge in [-0.1, -0.05) is 13.0 Å². The van der Waals surface area contributed by atoms with Gasteiger partial charge in [0, 0.05) is 38.6 Å². The fraction of sp³-hybridized carbons (Fsp3) is 0.444. The zero-order valence-corrected chi connectivity index (χ0v) is 14.8. The Hall–Kier alpha value is -2.90. The topological polar surface area (TPSA) is 91.6 Å². The molecule has 2 aromatic heterocycles. The van der Waals surface area contributed by atoms with Crippen molar-refractivity contribution < 1.29 is 14.7 Å². The third kappa shape index (κ3) is 3.84. The van der Waals surface area contributed by atoms with Crippen LogP contribution in [0, 0.1) is 0 Å². The zero-order valence-electron chi connectivity index (χ0n) is 14.8. The van der Waals surface area contributed by atoms with E-state index < -0.39 is 5.97 Å². The van der Waals surface area contributed by atoms with Crippen LogP contribution in [0.2, 0.25) is 0 Å². The van der Waals surface area contributed by atoms with Crippen LogP contribution in [0.3, 0.4) is 0 Å². The average Bonchev–Trinajstić information content (AvgIpc) is 3.05. The minimum absolute atomic E-state index is 0.0319. The summed E-state index contributed by atoms with van der Waals surface area (Å²) in [5, 5.41) is 13.3. The number of hydrogen-bond donors (Lipinski definition) is 1. The van der Waals surface area contributed by atoms with Crippen molar-refractivity contribution in [3.8, 4) is 0 Å². The van der Waals surface area contributed by atoms with Gasteiger partial charge in [0.15, 0.2) is 5.69 Å². The van der Waals surface area contributed by atoms with Crippen LogP contribution >= 0.6 is 0 Å². The Morgan fingerprint density at radius 2 is 2.04 bits per heavy atom. The van der Waals surface area contributed by atoms with Gasteiger partial charge in [0.05, 0.1) is 0 Å². The summed E-state index contributed by atoms with van der Waals surface area (Å²) in [6.07, 6.45) is 4.99. The summed E-state index contributed by atoms with van der Waals surface area (Å²) in [6, 6.07) is 6.52. The van der Waals surface area contributed by atoms with Crippen molar-refractivity contribution in [1.29, 1.82) is 0 Å². The highest BCUT2D eigenvalue weighted by Crippen LogP contribution is 2.18. The van der Waals surface area contributed by atoms with Crippen LogP contribution in [0.1, 0.15) is 36.3 Å². The molecule has 1 fully saturated rings. The number of anilines is 1. The standard InChI is InChI=1S/C18H23N5O3/c1-2-15(23-11-4-8-19-23)17(24)22-10-5-9-21(12-13-22)16-7-3-6-14(20-16)18(25)26/h3-4,6-8,11,15H,2,5,9-10,12-13H2,1H3,(H,25,26). The number of aromatic nitrogens is 3. The van der Waals surface area contributed by atoms with Gasteiger partial charge in [-0.3, -0.25) is 9.48 Å². The van der Waals surface area contributed by atoms with Crippen molar-refractivity contribution in [3.05, 3.63) is 42.4 Å². The van der Waals surface area contributed by atoms with Gasteiger partial charge >= 0.3 is 5.97 Å². The van der Waals surface area contributed by atoms with Crippen LogP contribution in [-0.4, -0.2) is 62.8 Å². The molecule has 26 heavy (non-hydrogen) atoms. The Bertz CT molecular complexity index is 762. The highest BCUT2D eigenvalue weighted by atomic mass is 16.4. The first-order valence-corrected chi connectivity index (χ1v) is 8.83. The molecule has 1 aliphatic rings. The van der Waals surface area contributed by atoms with E-state index in [9.17, 15) is 9.59 Å². The number of amides is 1. The summed E-state index contributed by atoms with van der Waals surface area (Å²) >= 11 is 0. The van der Waals surface area contributed by atoms with E-state index in [0.29, 0.717) is 31.9 Å². The predicted molar refractivity (Wildman–Crippen MR) is 96.2 cm³/mol. The molecule has 1 aliphatic heterocycles. The monoisotopic (exact) mass is 357 g/mol. The molecule has 0 spiro atoms. The zero-order chi connectivity index (χ0) is 18.5. The largest absolute Gasteiger partial charge is 0.477 e. The summed E-state index contributed by atoms with van der Waals surface area (Å²) in [7, 11) is 0. The smallest absolute Gasteiger partial charge is 0.354 e. The maximum Gasteiger partial charge on any atom is 0.354 e. The molecule has 1 saturated heterocycles. The van der Waals surface area contributed by atoms with Gasteiger partial charge in [-0.15, -0.1) is 0 Å². The van der Waals surface area contributed by atoms with Crippen molar-refractivity contribution in [2.75, 3.05) is 31.1 Å². The lowest BCUT2D eigenvalue weighted by Crippen LogP contribution is -2.40. The van der Waals surface area contributed by atoms with Crippen LogP contribution < -0.4 is 4.90 Å². The normalized spacial score (nSPS) is 16.2. The number of hydrogen-bond acceptors (Lipinski definition) is 5. The average molecular weight is 357 g/mol. The van der Waals surface area contributed by atoms with E-state index in [2.05, 4.69) is 10.1 Å². The van der Waals surface area contributed by atoms with Crippen molar-refractivity contribution in [2.24, 2.45) is 0 Å². The first-order valence-electron chi connectivity index (χ1n) is 8.83. The number of aromatic carboxylic acids is 1. The van der Waals surface area contributed by atoms with E-state index in [1.54, 1.807) is 16.9 Å². The number of rotatable bonds is 5. The van der Waals surface area contributed by atoms with Crippen LogP contribution in [0.5, 0.6) is 0 Å². The number of pyridine rings is 1. The van der Waals surface area contributed by atoms with Crippen molar-refractivity contribution in [1.82, 2.24) is 19.7 Å². The van der Waals surface area contributed by atoms with Gasteiger partial charge in [-0.05, 0) is 31.0 Å². The molecule has 0 saturated carbocycles. The minimum Gasteiger partial charge on any atom is -0.477 e. The Balaban J connectivity index is 1.69. The van der Waals surface area contributed by atoms with Gasteiger partial charge in [-0.25, -0.2) is 9.78 Å². The molecule has 0 radical (unpaired) electrons. The summed E-state index contributed by atoms with van der Waals surface area (Å²) in [5.74, 6) is -0.327. The molecule has 138 valence electrons. The lowest BCUT2D eigenvalue weighted by Gasteiger charge is -2.26. The molecule has 0 bridgehead atoms. The Labute approximate surface area is 152 Å². The quantitative estimate of drug-likeness (QED) is 0.875. The fourth-order valence-corrected chi connectivity index (χ4v) is 3.24. The molecule has 8 nitrogen and oxygen atoms in total. The van der Waals surface area contributed by atoms with Gasteiger partial charge in [0.25, 0.3) is 0 Å². The molecular weight excluding hydrogens is 334 g/mol. The summed E-state index contributed by atoms with van der Waals surface area (Å²) in [6.45, 7) is 4.59. The number of carbonyl (C=O) groups is 2. The number of nitrogens with zero attached hydrogens (tertiary/aromatic N) is 5. The third-order valence-corrected chi connectivity index (χ3v) is 4.60. The molecule has 0 aliphatic carbocycles. The summed E-state index contributed by atoms with van der Waals surface area (Å²) < 4.78 is 1.71. The van der Waals surface area contributed by atoms with Crippen molar-refractivity contribution in [2.45, 2.75) is 25.8 Å². The third-order valence-electron chi connectivity index (χ3n) is 4.60. The number of carbonyl (C=O) groups excluding carboxylic acids is 1. The first-order chi connectivity index (χ1) is 12.6. The van der Waals surface area contributed by atoms with Crippen LogP contribution in [0.4, 0.5) is 5.82 Å². The van der Waals surface area contributed by atoms with E-state index >= 15 is 0 Å². The van der Waals surface area contributed by atoms with Gasteiger partial charge in [-0.2, -0.15) is 5.10 Å². The molecule has 3 rings (SSSR count). The fourth-order valence-electron chi connectivity index (χ4n) is 3.24. The molecule has 3 heterocycles. The molecular formula is C18H23N5O3. The summed E-state index contributed by atoms with van der Waals surface area (Å²) in [5.41, 5.74) is 0.0319. The molecule has 0 aromatic carbocycles. The lowest BCUT2D eigenvalue weighted by atomic mass is 10.2. The van der Waals surface area contributed by atoms with Gasteiger partial charge in [0.1, 0.15) is 11.9 Å². The highest BCUT2D eigenvalue weighted by Gasteiger charge is 2.27. The second-order valence-electron chi connectivity index (χ2n) is 6.26. The SMILES string of the molecule is CCC(C(=O)N1CCCN(c2cccc(C(=O)O)n2)CC1)n1cccn1. The number of carboxylic acid groups (broad SMARTS) is 1. The maximum absolute atomic E-state index is 12.9. The van der Waals surface area contributed by atoms with E-state index in [0.717, 1.165) is 13.0 Å². The Morgan fingerprint density at radius 1 is 1.19 bits per heavy atom. The van der Waals surface area contributed by atoms with E-state index in [-0.39, 0.29) is 17.6 Å². The Morgan fingerprint density at radius 3 is 2.73 bits per heavy atom. The van der Waals surface area contributed by atoms with Gasteiger partial charge < -0.3 is 14.9 Å². The predicted octanol–water partition coefficient (Wildman–Crippen LogP) is 1.67. The van der Waals surface area contributed by atoms with E-state index in [1.807, 2.05) is 35.1 Å². The summed E-state index contributed by atoms with van der Waals surface area (Å²) in [4.78, 5) is 32.2. The first kappa shape index (κ1) is 17.9. The molecule has 1 atom stereocenters. The van der Waals surface area contributed by atoms with E-state index in [4.69, 9.17) is 5.11 Å². The van der Waals surface area contributed by atoms with Crippen molar-refractivity contribution >= 4 is 17.7 Å².